The van der Waals surface area contributed by atoms with E-state index in [1.807, 2.05) is 56.3 Å². The second-order valence-corrected chi connectivity index (χ2v) is 9.27. The third kappa shape index (κ3) is 7.24. The van der Waals surface area contributed by atoms with Crippen molar-refractivity contribution in [3.63, 3.8) is 0 Å². The molecule has 34 heavy (non-hydrogen) atoms. The Bertz CT molecular complexity index is 962. The summed E-state index contributed by atoms with van der Waals surface area (Å²) in [5.41, 5.74) is 4.75. The molecule has 0 spiro atoms. The Labute approximate surface area is 210 Å². The van der Waals surface area contributed by atoms with Gasteiger partial charge in [0, 0.05) is 6.54 Å². The molecule has 2 atom stereocenters. The van der Waals surface area contributed by atoms with Crippen LogP contribution < -0.4 is 10.2 Å². The molecule has 0 radical (unpaired) electrons. The molecular formula is C27H38N2O4S. The molecule has 2 aromatic carbocycles. The molecule has 1 heterocycles. The van der Waals surface area contributed by atoms with Gasteiger partial charge in [0.15, 0.2) is 0 Å². The van der Waals surface area contributed by atoms with Crippen molar-refractivity contribution in [3.05, 3.63) is 59.2 Å². The monoisotopic (exact) mass is 486 g/mol. The smallest absolute Gasteiger partial charge is 0.303 e. The van der Waals surface area contributed by atoms with Gasteiger partial charge in [0.25, 0.3) is 0 Å². The lowest BCUT2D eigenvalue weighted by Crippen LogP contribution is -2.48. The minimum atomic E-state index is -0.816. The number of aliphatic carboxylic acids is 1. The van der Waals surface area contributed by atoms with Crippen LogP contribution in [0.4, 0.5) is 11.4 Å². The second kappa shape index (κ2) is 12.8. The first kappa shape index (κ1) is 27.7. The summed E-state index contributed by atoms with van der Waals surface area (Å²) in [4.78, 5) is 26.7. The molecule has 186 valence electrons. The molecule has 1 saturated heterocycles. The van der Waals surface area contributed by atoms with Crippen LogP contribution in [0.5, 0.6) is 0 Å². The summed E-state index contributed by atoms with van der Waals surface area (Å²) in [7, 11) is 0. The number of morpholine rings is 1. The molecule has 1 amide bonds. The van der Waals surface area contributed by atoms with Crippen molar-refractivity contribution in [1.29, 1.82) is 0 Å². The maximum atomic E-state index is 13.0. The van der Waals surface area contributed by atoms with Crippen molar-refractivity contribution >= 4 is 36.7 Å². The number of carbonyl (C=O) groups is 2. The summed E-state index contributed by atoms with van der Waals surface area (Å²) < 4.78 is 5.73. The Kier molecular flexibility index (Phi) is 10.5. The van der Waals surface area contributed by atoms with Gasteiger partial charge in [0.05, 0.1) is 43.5 Å². The number of carboxylic acid groups (broad SMARTS) is 1. The predicted octanol–water partition coefficient (Wildman–Crippen LogP) is 5.12. The zero-order valence-corrected chi connectivity index (χ0v) is 21.6. The van der Waals surface area contributed by atoms with Gasteiger partial charge in [0.2, 0.25) is 5.91 Å². The van der Waals surface area contributed by atoms with Crippen molar-refractivity contribution < 1.29 is 19.4 Å². The van der Waals surface area contributed by atoms with Crippen molar-refractivity contribution in [2.24, 2.45) is 5.92 Å². The zero-order valence-electron chi connectivity index (χ0n) is 20.6. The first-order chi connectivity index (χ1) is 15.8. The number of nitrogens with zero attached hydrogens (tertiary/aromatic N) is 1. The largest absolute Gasteiger partial charge is 0.481 e. The average Bonchev–Trinajstić information content (AvgIpc) is 2.78. The Morgan fingerprint density at radius 1 is 1.18 bits per heavy atom. The molecule has 3 rings (SSSR count). The number of amides is 1. The van der Waals surface area contributed by atoms with E-state index >= 15 is 0 Å². The van der Waals surface area contributed by atoms with Gasteiger partial charge in [0.1, 0.15) is 0 Å². The number of rotatable bonds is 9. The van der Waals surface area contributed by atoms with Crippen LogP contribution in [0.15, 0.2) is 42.5 Å². The van der Waals surface area contributed by atoms with Crippen LogP contribution >= 0.6 is 13.5 Å². The Morgan fingerprint density at radius 3 is 2.50 bits per heavy atom. The number of aryl methyl sites for hydroxylation is 1. The maximum Gasteiger partial charge on any atom is 0.303 e. The second-order valence-electron chi connectivity index (χ2n) is 9.27. The van der Waals surface area contributed by atoms with E-state index in [0.717, 1.165) is 34.6 Å². The molecule has 0 saturated carbocycles. The van der Waals surface area contributed by atoms with E-state index in [4.69, 9.17) is 4.74 Å². The molecule has 1 aliphatic heterocycles. The number of ether oxygens (including phenoxy) is 1. The average molecular weight is 487 g/mol. The summed E-state index contributed by atoms with van der Waals surface area (Å²) in [5, 5.41) is 12.5. The number of anilines is 2. The van der Waals surface area contributed by atoms with Gasteiger partial charge in [-0.15, -0.1) is 0 Å². The number of hydrogen-bond donors (Lipinski definition) is 2. The summed E-state index contributed by atoms with van der Waals surface area (Å²) >= 11 is 0. The highest BCUT2D eigenvalue weighted by molar-refractivity contribution is 7.59. The molecule has 0 bridgehead atoms. The molecule has 0 aliphatic carbocycles. The molecular weight excluding hydrogens is 448 g/mol. The van der Waals surface area contributed by atoms with Gasteiger partial charge in [-0.05, 0) is 48.4 Å². The van der Waals surface area contributed by atoms with E-state index in [9.17, 15) is 14.7 Å². The molecule has 7 heteroatoms. The topological polar surface area (TPSA) is 78.9 Å². The Morgan fingerprint density at radius 2 is 1.88 bits per heavy atom. The summed E-state index contributed by atoms with van der Waals surface area (Å²) in [5.74, 6) is -0.617. The number of carboxylic acids is 1. The van der Waals surface area contributed by atoms with E-state index in [1.54, 1.807) is 0 Å². The minimum Gasteiger partial charge on any atom is -0.481 e. The molecule has 2 N–H and O–H groups in total. The number of carbonyl (C=O) groups excluding carboxylic acids is 1. The van der Waals surface area contributed by atoms with Crippen LogP contribution in [0.25, 0.3) is 0 Å². The van der Waals surface area contributed by atoms with Crippen LogP contribution in [0.1, 0.15) is 56.2 Å². The van der Waals surface area contributed by atoms with Gasteiger partial charge in [-0.1, -0.05) is 56.7 Å². The molecule has 1 fully saturated rings. The third-order valence-electron chi connectivity index (χ3n) is 6.41. The summed E-state index contributed by atoms with van der Waals surface area (Å²) in [6.45, 7) is 10.4. The van der Waals surface area contributed by atoms with E-state index in [0.29, 0.717) is 25.6 Å². The van der Waals surface area contributed by atoms with E-state index in [-0.39, 0.29) is 44.2 Å². The lowest BCUT2D eigenvalue weighted by Gasteiger charge is -2.40. The highest BCUT2D eigenvalue weighted by atomic mass is 32.1. The molecule has 6 nitrogen and oxygen atoms in total. The highest BCUT2D eigenvalue weighted by Gasteiger charge is 2.28. The van der Waals surface area contributed by atoms with Crippen molar-refractivity contribution in [2.75, 3.05) is 30.0 Å². The fourth-order valence-electron chi connectivity index (χ4n) is 4.43. The zero-order chi connectivity index (χ0) is 24.0. The van der Waals surface area contributed by atoms with Crippen molar-refractivity contribution in [2.45, 2.75) is 58.9 Å². The van der Waals surface area contributed by atoms with Gasteiger partial charge < -0.3 is 20.1 Å². The predicted molar refractivity (Wildman–Crippen MR) is 142 cm³/mol. The van der Waals surface area contributed by atoms with Crippen LogP contribution in [0.3, 0.4) is 0 Å². The quantitative estimate of drug-likeness (QED) is 0.514. The number of nitrogens with one attached hydrogen (secondary N) is 1. The van der Waals surface area contributed by atoms with E-state index in [1.165, 1.54) is 0 Å². The van der Waals surface area contributed by atoms with Gasteiger partial charge >= 0.3 is 5.97 Å². The number of benzene rings is 2. The normalized spacial score (nSPS) is 16.6. The van der Waals surface area contributed by atoms with Crippen LogP contribution in [-0.2, 0) is 20.7 Å². The minimum absolute atomic E-state index is 0. The maximum absolute atomic E-state index is 13.0. The van der Waals surface area contributed by atoms with Gasteiger partial charge in [-0.2, -0.15) is 13.5 Å². The SMILES string of the molecule is CC[C@@H](CC(=O)O)c1ccc(N2CCOC[C@@H]2C(C)C)c(NC(=O)Cc2ccc(C)cc2)c1.S. The van der Waals surface area contributed by atoms with E-state index < -0.39 is 5.97 Å². The fourth-order valence-corrected chi connectivity index (χ4v) is 4.43. The van der Waals surface area contributed by atoms with Gasteiger partial charge in [-0.25, -0.2) is 0 Å². The lowest BCUT2D eigenvalue weighted by molar-refractivity contribution is -0.137. The highest BCUT2D eigenvalue weighted by Crippen LogP contribution is 2.35. The summed E-state index contributed by atoms with van der Waals surface area (Å²) in [6, 6.07) is 14.2. The molecule has 0 aromatic heterocycles. The van der Waals surface area contributed by atoms with Crippen LogP contribution in [0.2, 0.25) is 0 Å². The standard InChI is InChI=1S/C27H36N2O4.H2S/c1-5-21(16-27(31)32)22-10-11-24(29-12-13-33-17-25(29)18(2)3)23(15-22)28-26(30)14-20-8-6-19(4)7-9-20;/h6-11,15,18,21,25H,5,12-14,16-17H2,1-4H3,(H,28,30)(H,31,32);1H2/t21-,25+;/m0./s1. The number of hydrogen-bond acceptors (Lipinski definition) is 4. The van der Waals surface area contributed by atoms with E-state index in [2.05, 4.69) is 24.1 Å². The fraction of sp³-hybridized carbons (Fsp3) is 0.481. The van der Waals surface area contributed by atoms with Gasteiger partial charge in [-0.3, -0.25) is 9.59 Å². The molecule has 2 aromatic rings. The van der Waals surface area contributed by atoms with Crippen molar-refractivity contribution in [1.82, 2.24) is 0 Å². The molecule has 0 unspecified atom stereocenters. The third-order valence-corrected chi connectivity index (χ3v) is 6.41. The Hall–Kier alpha value is -2.51. The van der Waals surface area contributed by atoms with Crippen molar-refractivity contribution in [3.8, 4) is 0 Å². The Balaban J connectivity index is 0.00000408. The van der Waals surface area contributed by atoms with Crippen LogP contribution in [-0.4, -0.2) is 42.8 Å². The first-order valence-corrected chi connectivity index (χ1v) is 11.8. The first-order valence-electron chi connectivity index (χ1n) is 11.8. The summed E-state index contributed by atoms with van der Waals surface area (Å²) in [6.07, 6.45) is 1.07. The molecule has 1 aliphatic rings. The van der Waals surface area contributed by atoms with Crippen LogP contribution in [0, 0.1) is 12.8 Å². The lowest BCUT2D eigenvalue weighted by atomic mass is 9.92.